The van der Waals surface area contributed by atoms with Crippen molar-refractivity contribution < 1.29 is 0 Å². The molecule has 66 valence electrons. The van der Waals surface area contributed by atoms with E-state index in [9.17, 15) is 0 Å². The van der Waals surface area contributed by atoms with Gasteiger partial charge in [0.2, 0.25) is 0 Å². The molecule has 0 aliphatic heterocycles. The molecule has 0 spiro atoms. The number of hydrogen-bond donors (Lipinski definition) is 0. The summed E-state index contributed by atoms with van der Waals surface area (Å²) in [4.78, 5) is 0. The van der Waals surface area contributed by atoms with E-state index >= 15 is 0 Å². The van der Waals surface area contributed by atoms with Crippen molar-refractivity contribution in [2.45, 2.75) is 39.5 Å². The first-order valence-corrected chi connectivity index (χ1v) is 4.75. The third-order valence-electron chi connectivity index (χ3n) is 2.84. The maximum atomic E-state index is 9.08. The topological polar surface area (TPSA) is 23.8 Å². The zero-order valence-electron chi connectivity index (χ0n) is 8.01. The lowest BCUT2D eigenvalue weighted by Crippen LogP contribution is -2.12. The second kappa shape index (κ2) is 3.76. The average molecular weight is 163 g/mol. The first-order valence-electron chi connectivity index (χ1n) is 4.75. The van der Waals surface area contributed by atoms with E-state index in [2.05, 4.69) is 19.1 Å². The molecule has 1 aliphatic rings. The minimum Gasteiger partial charge on any atom is -0.198 e. The maximum Gasteiger partial charge on any atom is 0.0693 e. The van der Waals surface area contributed by atoms with E-state index in [1.54, 1.807) is 0 Å². The third-order valence-corrected chi connectivity index (χ3v) is 2.84. The smallest absolute Gasteiger partial charge is 0.0693 e. The van der Waals surface area contributed by atoms with Gasteiger partial charge in [-0.05, 0) is 38.5 Å². The Balaban J connectivity index is 2.60. The lowest BCUT2D eigenvalue weighted by atomic mass is 9.83. The molecule has 0 N–H and O–H groups in total. The summed E-state index contributed by atoms with van der Waals surface area (Å²) in [6, 6.07) is 2.49. The molecular formula is C11H17N. The predicted molar refractivity (Wildman–Crippen MR) is 50.5 cm³/mol. The van der Waals surface area contributed by atoms with E-state index in [-0.39, 0.29) is 5.41 Å². The summed E-state index contributed by atoms with van der Waals surface area (Å²) >= 11 is 0. The Labute approximate surface area is 75.1 Å². The summed E-state index contributed by atoms with van der Waals surface area (Å²) in [5.41, 5.74) is -0.0219. The Morgan fingerprint density at radius 1 is 1.67 bits per heavy atom. The summed E-state index contributed by atoms with van der Waals surface area (Å²) in [7, 11) is 0. The van der Waals surface area contributed by atoms with Crippen LogP contribution < -0.4 is 0 Å². The minimum absolute atomic E-state index is 0.0219. The van der Waals surface area contributed by atoms with Crippen LogP contribution in [0.4, 0.5) is 0 Å². The van der Waals surface area contributed by atoms with E-state index in [4.69, 9.17) is 5.26 Å². The van der Waals surface area contributed by atoms with Gasteiger partial charge in [0, 0.05) is 0 Å². The van der Waals surface area contributed by atoms with Gasteiger partial charge in [-0.1, -0.05) is 19.1 Å². The third kappa shape index (κ3) is 1.88. The molecule has 0 amide bonds. The monoisotopic (exact) mass is 163 g/mol. The van der Waals surface area contributed by atoms with E-state index in [0.717, 1.165) is 25.2 Å². The van der Waals surface area contributed by atoms with Crippen molar-refractivity contribution in [1.82, 2.24) is 0 Å². The lowest BCUT2D eigenvalue weighted by Gasteiger charge is -2.17. The molecule has 0 saturated heterocycles. The predicted octanol–water partition coefficient (Wildman–Crippen LogP) is 3.28. The Morgan fingerprint density at radius 3 is 2.83 bits per heavy atom. The van der Waals surface area contributed by atoms with E-state index in [0.29, 0.717) is 0 Å². The van der Waals surface area contributed by atoms with Gasteiger partial charge in [0.15, 0.2) is 0 Å². The fourth-order valence-corrected chi connectivity index (χ4v) is 2.07. The van der Waals surface area contributed by atoms with Gasteiger partial charge in [0.25, 0.3) is 0 Å². The van der Waals surface area contributed by atoms with Crippen LogP contribution in [-0.2, 0) is 0 Å². The molecule has 0 aromatic carbocycles. The van der Waals surface area contributed by atoms with Gasteiger partial charge in [-0.25, -0.2) is 0 Å². The molecule has 1 heteroatoms. The van der Waals surface area contributed by atoms with Crippen LogP contribution in [0.2, 0.25) is 0 Å². The first-order chi connectivity index (χ1) is 5.72. The maximum absolute atomic E-state index is 9.08. The molecule has 1 aliphatic carbocycles. The normalized spacial score (nSPS) is 35.6. The first kappa shape index (κ1) is 9.32. The van der Waals surface area contributed by atoms with E-state index in [1.165, 1.54) is 6.42 Å². The molecule has 1 nitrogen and oxygen atoms in total. The highest BCUT2D eigenvalue weighted by Gasteiger charge is 2.36. The van der Waals surface area contributed by atoms with Crippen LogP contribution in [0.1, 0.15) is 39.5 Å². The molecule has 12 heavy (non-hydrogen) atoms. The van der Waals surface area contributed by atoms with Crippen LogP contribution in [0.5, 0.6) is 0 Å². The van der Waals surface area contributed by atoms with Crippen LogP contribution >= 0.6 is 0 Å². The zero-order valence-corrected chi connectivity index (χ0v) is 8.01. The quantitative estimate of drug-likeness (QED) is 0.573. The Hall–Kier alpha value is -0.770. The fourth-order valence-electron chi connectivity index (χ4n) is 2.07. The fraction of sp³-hybridized carbons (Fsp3) is 0.727. The van der Waals surface area contributed by atoms with E-state index < -0.39 is 0 Å². The number of allylic oxidation sites excluding steroid dienone is 2. The van der Waals surface area contributed by atoms with Crippen molar-refractivity contribution in [2.75, 3.05) is 0 Å². The number of nitrogens with zero attached hydrogens (tertiary/aromatic N) is 1. The molecule has 0 heterocycles. The van der Waals surface area contributed by atoms with Gasteiger partial charge >= 0.3 is 0 Å². The molecule has 2 unspecified atom stereocenters. The van der Waals surface area contributed by atoms with Crippen LogP contribution in [0.25, 0.3) is 0 Å². The molecule has 1 saturated carbocycles. The summed E-state index contributed by atoms with van der Waals surface area (Å²) < 4.78 is 0. The summed E-state index contributed by atoms with van der Waals surface area (Å²) in [5.74, 6) is 0.745. The molecule has 0 aromatic rings. The van der Waals surface area contributed by atoms with Crippen LogP contribution in [0.3, 0.4) is 0 Å². The SMILES string of the molecule is C/C=C/CC1(C#N)CCC(C)C1. The summed E-state index contributed by atoms with van der Waals surface area (Å²) in [6.45, 7) is 4.26. The highest BCUT2D eigenvalue weighted by atomic mass is 14.4. The Morgan fingerprint density at radius 2 is 2.42 bits per heavy atom. The van der Waals surface area contributed by atoms with Crippen LogP contribution in [0.15, 0.2) is 12.2 Å². The van der Waals surface area contributed by atoms with Gasteiger partial charge in [0.1, 0.15) is 0 Å². The van der Waals surface area contributed by atoms with Gasteiger partial charge in [-0.3, -0.25) is 0 Å². The van der Waals surface area contributed by atoms with Crippen molar-refractivity contribution in [3.05, 3.63) is 12.2 Å². The molecule has 1 rings (SSSR count). The second-order valence-electron chi connectivity index (χ2n) is 4.01. The van der Waals surface area contributed by atoms with Crippen molar-refractivity contribution in [1.29, 1.82) is 5.26 Å². The van der Waals surface area contributed by atoms with E-state index in [1.807, 2.05) is 13.0 Å². The minimum atomic E-state index is -0.0219. The number of rotatable bonds is 2. The summed E-state index contributed by atoms with van der Waals surface area (Å²) in [5, 5.41) is 9.08. The number of nitriles is 1. The Bertz CT molecular complexity index is 212. The van der Waals surface area contributed by atoms with Gasteiger partial charge in [0.05, 0.1) is 11.5 Å². The number of hydrogen-bond acceptors (Lipinski definition) is 1. The highest BCUT2D eigenvalue weighted by molar-refractivity contribution is 5.07. The van der Waals surface area contributed by atoms with Gasteiger partial charge in [-0.2, -0.15) is 5.26 Å². The van der Waals surface area contributed by atoms with Crippen molar-refractivity contribution >= 4 is 0 Å². The molecule has 1 fully saturated rings. The Kier molecular flexibility index (Phi) is 2.92. The van der Waals surface area contributed by atoms with Gasteiger partial charge < -0.3 is 0 Å². The van der Waals surface area contributed by atoms with Crippen molar-refractivity contribution in [3.63, 3.8) is 0 Å². The molecule has 0 bridgehead atoms. The highest BCUT2D eigenvalue weighted by Crippen LogP contribution is 2.43. The standard InChI is InChI=1S/C11H17N/c1-3-4-6-11(9-12)7-5-10(2)8-11/h3-4,10H,5-8H2,1-2H3/b4-3+. The zero-order chi connectivity index (χ0) is 9.03. The van der Waals surface area contributed by atoms with Crippen molar-refractivity contribution in [3.8, 4) is 6.07 Å². The molecule has 2 atom stereocenters. The van der Waals surface area contributed by atoms with Crippen LogP contribution in [0, 0.1) is 22.7 Å². The lowest BCUT2D eigenvalue weighted by molar-refractivity contribution is 0.399. The largest absolute Gasteiger partial charge is 0.198 e. The molecular weight excluding hydrogens is 146 g/mol. The van der Waals surface area contributed by atoms with Gasteiger partial charge in [-0.15, -0.1) is 0 Å². The second-order valence-corrected chi connectivity index (χ2v) is 4.01. The summed E-state index contributed by atoms with van der Waals surface area (Å²) in [6.07, 6.45) is 8.53. The molecule has 0 aromatic heterocycles. The van der Waals surface area contributed by atoms with Crippen molar-refractivity contribution in [2.24, 2.45) is 11.3 Å². The molecule has 0 radical (unpaired) electrons. The average Bonchev–Trinajstić information content (AvgIpc) is 2.45. The van der Waals surface area contributed by atoms with Crippen LogP contribution in [-0.4, -0.2) is 0 Å².